The van der Waals surface area contributed by atoms with Crippen LogP contribution in [0.25, 0.3) is 0 Å². The lowest BCUT2D eigenvalue weighted by Crippen LogP contribution is -2.53. The number of likely N-dealkylation sites (tertiary alicyclic amines) is 1. The molecule has 1 N–H and O–H groups in total. The van der Waals surface area contributed by atoms with E-state index in [4.69, 9.17) is 0 Å². The zero-order valence-corrected chi connectivity index (χ0v) is 17.4. The molecular weight excluding hydrogens is 388 g/mol. The smallest absolute Gasteiger partial charge is 0.264 e. The van der Waals surface area contributed by atoms with E-state index in [0.29, 0.717) is 37.0 Å². The van der Waals surface area contributed by atoms with Crippen LogP contribution in [0.5, 0.6) is 0 Å². The highest BCUT2D eigenvalue weighted by Gasteiger charge is 2.50. The first-order chi connectivity index (χ1) is 14.1. The topological polar surface area (TPSA) is 73.0 Å². The van der Waals surface area contributed by atoms with Gasteiger partial charge in [-0.25, -0.2) is 0 Å². The molecule has 1 aromatic heterocycles. The molecule has 29 heavy (non-hydrogen) atoms. The largest absolute Gasteiger partial charge is 0.338 e. The number of nitrogens with zero attached hydrogens (tertiary/aromatic N) is 3. The third-order valence-electron chi connectivity index (χ3n) is 6.50. The lowest BCUT2D eigenvalue weighted by atomic mass is 10.1. The molecule has 2 aliphatic carbocycles. The molecule has 2 unspecified atom stereocenters. The summed E-state index contributed by atoms with van der Waals surface area (Å²) in [7, 11) is 0. The number of rotatable bonds is 5. The van der Waals surface area contributed by atoms with E-state index in [9.17, 15) is 14.4 Å². The molecule has 0 radical (unpaired) electrons. The molecule has 4 fully saturated rings. The molecule has 5 rings (SSSR count). The van der Waals surface area contributed by atoms with E-state index >= 15 is 0 Å². The minimum atomic E-state index is -0.471. The zero-order valence-electron chi connectivity index (χ0n) is 16.6. The van der Waals surface area contributed by atoms with Crippen LogP contribution in [0.3, 0.4) is 0 Å². The molecule has 0 spiro atoms. The second-order valence-corrected chi connectivity index (χ2v) is 9.61. The third-order valence-corrected chi connectivity index (χ3v) is 7.36. The Morgan fingerprint density at radius 1 is 1.07 bits per heavy atom. The molecule has 156 valence electrons. The van der Waals surface area contributed by atoms with Crippen LogP contribution in [0.2, 0.25) is 0 Å². The maximum Gasteiger partial charge on any atom is 0.264 e. The van der Waals surface area contributed by atoms with Gasteiger partial charge in [0, 0.05) is 44.7 Å². The van der Waals surface area contributed by atoms with Crippen LogP contribution in [0.1, 0.15) is 41.8 Å². The van der Waals surface area contributed by atoms with Crippen LogP contribution in [0, 0.1) is 5.92 Å². The standard InChI is InChI=1S/C21H28N4O3S/c26-19(14-3-4-14)25(15-5-6-15)16-12-17(20(27)23-9-7-22-8-10-23)24(13-16)21(28)18-2-1-11-29-18/h1-2,11,14-17,22H,3-10,12-13H2. The lowest BCUT2D eigenvalue weighted by molar-refractivity contribution is -0.137. The second-order valence-electron chi connectivity index (χ2n) is 8.67. The first kappa shape index (κ1) is 19.1. The summed E-state index contributed by atoms with van der Waals surface area (Å²) in [4.78, 5) is 45.9. The van der Waals surface area contributed by atoms with Crippen molar-refractivity contribution in [3.05, 3.63) is 22.4 Å². The Kier molecular flexibility index (Phi) is 5.07. The summed E-state index contributed by atoms with van der Waals surface area (Å²) < 4.78 is 0. The summed E-state index contributed by atoms with van der Waals surface area (Å²) in [6.07, 6.45) is 4.62. The first-order valence-electron chi connectivity index (χ1n) is 10.8. The molecule has 3 heterocycles. The molecule has 3 amide bonds. The minimum Gasteiger partial charge on any atom is -0.338 e. The zero-order chi connectivity index (χ0) is 20.0. The van der Waals surface area contributed by atoms with Gasteiger partial charge >= 0.3 is 0 Å². The third kappa shape index (κ3) is 3.80. The van der Waals surface area contributed by atoms with Gasteiger partial charge in [-0.2, -0.15) is 0 Å². The van der Waals surface area contributed by atoms with Crippen LogP contribution in [0.15, 0.2) is 17.5 Å². The molecule has 0 bridgehead atoms. The maximum atomic E-state index is 13.4. The first-order valence-corrected chi connectivity index (χ1v) is 11.7. The molecule has 2 saturated heterocycles. The van der Waals surface area contributed by atoms with Crippen molar-refractivity contribution < 1.29 is 14.4 Å². The van der Waals surface area contributed by atoms with Crippen molar-refractivity contribution >= 4 is 29.1 Å². The van der Waals surface area contributed by atoms with Gasteiger partial charge in [-0.1, -0.05) is 6.07 Å². The SMILES string of the molecule is O=C(C1CC(N(C(=O)C2CC2)C2CC2)CN1C(=O)c1cccs1)N1CCNCC1. The molecule has 0 aromatic carbocycles. The summed E-state index contributed by atoms with van der Waals surface area (Å²) in [6, 6.07) is 3.48. The molecule has 7 nitrogen and oxygen atoms in total. The van der Waals surface area contributed by atoms with Crippen LogP contribution in [-0.4, -0.2) is 83.3 Å². The van der Waals surface area contributed by atoms with Crippen molar-refractivity contribution in [2.45, 2.75) is 50.2 Å². The van der Waals surface area contributed by atoms with Gasteiger partial charge in [-0.15, -0.1) is 11.3 Å². The highest BCUT2D eigenvalue weighted by molar-refractivity contribution is 7.12. The van der Waals surface area contributed by atoms with E-state index in [1.165, 1.54) is 11.3 Å². The van der Waals surface area contributed by atoms with Gasteiger partial charge in [0.25, 0.3) is 5.91 Å². The van der Waals surface area contributed by atoms with Crippen molar-refractivity contribution in [1.82, 2.24) is 20.0 Å². The van der Waals surface area contributed by atoms with Crippen molar-refractivity contribution in [2.24, 2.45) is 5.92 Å². The number of hydrogen-bond donors (Lipinski definition) is 1. The predicted octanol–water partition coefficient (Wildman–Crippen LogP) is 1.16. The van der Waals surface area contributed by atoms with E-state index in [0.717, 1.165) is 38.8 Å². The molecular formula is C21H28N4O3S. The Labute approximate surface area is 175 Å². The van der Waals surface area contributed by atoms with Crippen LogP contribution < -0.4 is 5.32 Å². The number of carbonyl (C=O) groups is 3. The summed E-state index contributed by atoms with van der Waals surface area (Å²) in [5.41, 5.74) is 0. The van der Waals surface area contributed by atoms with Gasteiger partial charge in [-0.05, 0) is 43.6 Å². The maximum absolute atomic E-state index is 13.4. The fraction of sp³-hybridized carbons (Fsp3) is 0.667. The average molecular weight is 417 g/mol. The molecule has 1 aromatic rings. The van der Waals surface area contributed by atoms with Crippen molar-refractivity contribution in [2.75, 3.05) is 32.7 Å². The van der Waals surface area contributed by atoms with Gasteiger partial charge in [-0.3, -0.25) is 14.4 Å². The Balaban J connectivity index is 1.39. The van der Waals surface area contributed by atoms with Crippen LogP contribution in [-0.2, 0) is 9.59 Å². The van der Waals surface area contributed by atoms with Gasteiger partial charge in [0.1, 0.15) is 6.04 Å². The molecule has 8 heteroatoms. The monoisotopic (exact) mass is 416 g/mol. The fourth-order valence-corrected chi connectivity index (χ4v) is 5.34. The molecule has 4 aliphatic rings. The predicted molar refractivity (Wildman–Crippen MR) is 110 cm³/mol. The Morgan fingerprint density at radius 3 is 2.45 bits per heavy atom. The molecule has 2 aliphatic heterocycles. The van der Waals surface area contributed by atoms with Gasteiger partial charge in [0.15, 0.2) is 0 Å². The van der Waals surface area contributed by atoms with Crippen molar-refractivity contribution in [3.8, 4) is 0 Å². The Hall–Kier alpha value is -1.93. The quantitative estimate of drug-likeness (QED) is 0.782. The number of amides is 3. The van der Waals surface area contributed by atoms with E-state index in [1.807, 2.05) is 22.4 Å². The van der Waals surface area contributed by atoms with Gasteiger partial charge in [0.05, 0.1) is 10.9 Å². The number of nitrogens with one attached hydrogen (secondary N) is 1. The van der Waals surface area contributed by atoms with E-state index in [-0.39, 0.29) is 29.7 Å². The highest BCUT2D eigenvalue weighted by atomic mass is 32.1. The van der Waals surface area contributed by atoms with Crippen LogP contribution in [0.4, 0.5) is 0 Å². The summed E-state index contributed by atoms with van der Waals surface area (Å²) in [5, 5.41) is 5.17. The highest BCUT2D eigenvalue weighted by Crippen LogP contribution is 2.40. The van der Waals surface area contributed by atoms with Crippen molar-refractivity contribution in [1.29, 1.82) is 0 Å². The van der Waals surface area contributed by atoms with E-state index < -0.39 is 6.04 Å². The van der Waals surface area contributed by atoms with Gasteiger partial charge < -0.3 is 20.0 Å². The Bertz CT molecular complexity index is 784. The number of hydrogen-bond acceptors (Lipinski definition) is 5. The average Bonchev–Trinajstić information content (AvgIpc) is 3.67. The van der Waals surface area contributed by atoms with Gasteiger partial charge in [0.2, 0.25) is 11.8 Å². The van der Waals surface area contributed by atoms with E-state index in [1.54, 1.807) is 4.90 Å². The second kappa shape index (κ2) is 7.72. The lowest BCUT2D eigenvalue weighted by Gasteiger charge is -2.32. The van der Waals surface area contributed by atoms with Crippen LogP contribution >= 0.6 is 11.3 Å². The number of piperazine rings is 1. The Morgan fingerprint density at radius 2 is 1.83 bits per heavy atom. The van der Waals surface area contributed by atoms with Crippen molar-refractivity contribution in [3.63, 3.8) is 0 Å². The number of carbonyl (C=O) groups excluding carboxylic acids is 3. The van der Waals surface area contributed by atoms with E-state index in [2.05, 4.69) is 10.2 Å². The minimum absolute atomic E-state index is 0.0357. The summed E-state index contributed by atoms with van der Waals surface area (Å²) in [5.74, 6) is 0.371. The summed E-state index contributed by atoms with van der Waals surface area (Å²) in [6.45, 7) is 3.39. The molecule has 2 saturated carbocycles. The number of thiophene rings is 1. The summed E-state index contributed by atoms with van der Waals surface area (Å²) >= 11 is 1.41. The fourth-order valence-electron chi connectivity index (χ4n) is 4.66. The normalized spacial score (nSPS) is 27.2. The molecule has 2 atom stereocenters.